The number of hydroxylamine groups is 1. The summed E-state index contributed by atoms with van der Waals surface area (Å²) in [6, 6.07) is 0. The molecule has 0 heterocycles. The van der Waals surface area contributed by atoms with Gasteiger partial charge in [-0.3, -0.25) is 10.0 Å². The van der Waals surface area contributed by atoms with E-state index in [2.05, 4.69) is 6.92 Å². The Morgan fingerprint density at radius 1 is 0.696 bits per heavy atom. The Bertz CT molecular complexity index is 260. The van der Waals surface area contributed by atoms with Crippen LogP contribution in [0.4, 0.5) is 0 Å². The molecule has 23 heavy (non-hydrogen) atoms. The normalized spacial score (nSPS) is 10.9. The van der Waals surface area contributed by atoms with Crippen molar-refractivity contribution in [3.8, 4) is 0 Å². The number of hydrogen-bond donors (Lipinski definition) is 1. The maximum Gasteiger partial charge on any atom is 0.255 e. The van der Waals surface area contributed by atoms with Crippen molar-refractivity contribution in [1.29, 1.82) is 0 Å². The molecule has 0 aliphatic rings. The Morgan fingerprint density at radius 2 is 1.00 bits per heavy atom. The molecular weight excluding hydrogens is 401 g/mol. The number of amides is 1. The van der Waals surface area contributed by atoms with Crippen LogP contribution in [0.3, 0.4) is 0 Å². The Morgan fingerprint density at radius 3 is 1.30 bits per heavy atom. The van der Waals surface area contributed by atoms with Crippen molar-refractivity contribution >= 4 is 28.8 Å². The molecule has 0 radical (unpaired) electrons. The predicted molar refractivity (Wildman–Crippen MR) is 107 cm³/mol. The van der Waals surface area contributed by atoms with Crippen molar-refractivity contribution < 1.29 is 10.0 Å². The van der Waals surface area contributed by atoms with E-state index >= 15 is 0 Å². The van der Waals surface area contributed by atoms with E-state index in [1.807, 2.05) is 0 Å². The monoisotopic (exact) mass is 439 g/mol. The van der Waals surface area contributed by atoms with Crippen molar-refractivity contribution in [3.63, 3.8) is 0 Å². The lowest BCUT2D eigenvalue weighted by Gasteiger charge is -2.05. The molecule has 0 aromatic rings. The maximum atomic E-state index is 11.2. The first-order chi connectivity index (χ1) is 11.2. The van der Waals surface area contributed by atoms with Gasteiger partial charge in [0.25, 0.3) is 5.91 Å². The molecule has 3 nitrogen and oxygen atoms in total. The molecule has 0 aromatic heterocycles. The molecule has 0 atom stereocenters. The molecule has 0 unspecified atom stereocenters. The second kappa shape index (κ2) is 18.5. The van der Waals surface area contributed by atoms with Crippen LogP contribution in [0.1, 0.15) is 116 Å². The van der Waals surface area contributed by atoms with Crippen LogP contribution in [0, 0.1) is 0 Å². The summed E-state index contributed by atoms with van der Waals surface area (Å²) >= 11 is 1.61. The van der Waals surface area contributed by atoms with Crippen LogP contribution in [0.5, 0.6) is 0 Å². The number of carbonyl (C=O) groups is 1. The molecule has 0 aromatic carbocycles. The molecule has 1 N–H and O–H groups in total. The van der Waals surface area contributed by atoms with Gasteiger partial charge in [-0.05, 0) is 6.42 Å². The lowest BCUT2D eigenvalue weighted by Crippen LogP contribution is -2.15. The summed E-state index contributed by atoms with van der Waals surface area (Å²) < 4.78 is 0.670. The third-order valence-electron chi connectivity index (χ3n) is 4.45. The van der Waals surface area contributed by atoms with Crippen molar-refractivity contribution in [2.24, 2.45) is 0 Å². The minimum atomic E-state index is -0.184. The number of nitrogens with zero attached hydrogens (tertiary/aromatic N) is 1. The van der Waals surface area contributed by atoms with Gasteiger partial charge in [-0.15, -0.1) is 0 Å². The van der Waals surface area contributed by atoms with Crippen molar-refractivity contribution in [2.45, 2.75) is 116 Å². The Kier molecular flexibility index (Phi) is 18.6. The fraction of sp³-hybridized carbons (Fsp3) is 0.947. The SMILES string of the molecule is CCCCCCCCCCCCCCCCCCC(=O)N(O)I. The van der Waals surface area contributed by atoms with Gasteiger partial charge in [-0.25, -0.2) is 0 Å². The highest BCUT2D eigenvalue weighted by Crippen LogP contribution is 2.14. The van der Waals surface area contributed by atoms with Gasteiger partial charge in [-0.1, -0.05) is 103 Å². The first-order valence-electron chi connectivity index (χ1n) is 9.86. The number of rotatable bonds is 17. The maximum absolute atomic E-state index is 11.2. The van der Waals surface area contributed by atoms with Gasteiger partial charge < -0.3 is 0 Å². The number of unbranched alkanes of at least 4 members (excludes halogenated alkanes) is 15. The molecule has 4 heteroatoms. The van der Waals surface area contributed by atoms with Crippen LogP contribution in [0.25, 0.3) is 0 Å². The summed E-state index contributed by atoms with van der Waals surface area (Å²) in [5.74, 6) is -0.184. The van der Waals surface area contributed by atoms with Gasteiger partial charge in [0.2, 0.25) is 0 Å². The van der Waals surface area contributed by atoms with Gasteiger partial charge in [0.05, 0.1) is 22.9 Å². The fourth-order valence-electron chi connectivity index (χ4n) is 2.92. The summed E-state index contributed by atoms with van der Waals surface area (Å²) in [6.07, 6.45) is 21.8. The first kappa shape index (κ1) is 23.2. The lowest BCUT2D eigenvalue weighted by molar-refractivity contribution is -0.141. The number of halogens is 1. The van der Waals surface area contributed by atoms with E-state index in [9.17, 15) is 4.79 Å². The molecule has 0 fully saturated rings. The molecule has 0 spiro atoms. The molecular formula is C19H38INO2. The smallest absolute Gasteiger partial charge is 0.255 e. The average molecular weight is 439 g/mol. The van der Waals surface area contributed by atoms with E-state index in [4.69, 9.17) is 5.21 Å². The standard InChI is InChI=1S/C19H38INO2/c1-2-3-4-5-6-7-8-9-10-11-12-13-14-15-16-17-18-19(22)21(20)23/h23H,2-18H2,1H3. The second-order valence-corrected chi connectivity index (χ2v) is 7.62. The summed E-state index contributed by atoms with van der Waals surface area (Å²) in [7, 11) is 0. The highest BCUT2D eigenvalue weighted by atomic mass is 127. The average Bonchev–Trinajstić information content (AvgIpc) is 2.54. The number of carbonyl (C=O) groups excluding carboxylic acids is 1. The summed E-state index contributed by atoms with van der Waals surface area (Å²) in [4.78, 5) is 11.2. The zero-order chi connectivity index (χ0) is 17.2. The highest BCUT2D eigenvalue weighted by Gasteiger charge is 2.05. The molecule has 0 aliphatic heterocycles. The van der Waals surface area contributed by atoms with Gasteiger partial charge in [-0.2, -0.15) is 3.28 Å². The third-order valence-corrected chi connectivity index (χ3v) is 4.99. The van der Waals surface area contributed by atoms with E-state index in [0.717, 1.165) is 12.8 Å². The third kappa shape index (κ3) is 18.3. The number of hydrogen-bond acceptors (Lipinski definition) is 2. The van der Waals surface area contributed by atoms with E-state index in [1.54, 1.807) is 22.9 Å². The quantitative estimate of drug-likeness (QED) is 0.0856. The van der Waals surface area contributed by atoms with Crippen LogP contribution in [-0.2, 0) is 4.79 Å². The molecule has 138 valence electrons. The van der Waals surface area contributed by atoms with E-state index < -0.39 is 0 Å². The highest BCUT2D eigenvalue weighted by molar-refractivity contribution is 14.1. The fourth-order valence-corrected chi connectivity index (χ4v) is 3.16. The van der Waals surface area contributed by atoms with Crippen molar-refractivity contribution in [3.05, 3.63) is 0 Å². The minimum absolute atomic E-state index is 0.184. The molecule has 0 rings (SSSR count). The van der Waals surface area contributed by atoms with Gasteiger partial charge in [0.1, 0.15) is 0 Å². The Balaban J connectivity index is 3.04. The Labute approximate surface area is 158 Å². The van der Waals surface area contributed by atoms with Gasteiger partial charge >= 0.3 is 0 Å². The zero-order valence-corrected chi connectivity index (χ0v) is 17.4. The Hall–Kier alpha value is 0.160. The van der Waals surface area contributed by atoms with Crippen LogP contribution < -0.4 is 0 Å². The first-order valence-corrected chi connectivity index (χ1v) is 10.8. The second-order valence-electron chi connectivity index (χ2n) is 6.71. The summed E-state index contributed by atoms with van der Waals surface area (Å²) in [6.45, 7) is 2.27. The van der Waals surface area contributed by atoms with Crippen LogP contribution in [-0.4, -0.2) is 14.4 Å². The van der Waals surface area contributed by atoms with Crippen molar-refractivity contribution in [2.75, 3.05) is 0 Å². The van der Waals surface area contributed by atoms with Crippen LogP contribution in [0.2, 0.25) is 0 Å². The van der Waals surface area contributed by atoms with E-state index in [1.165, 1.54) is 89.9 Å². The van der Waals surface area contributed by atoms with E-state index in [-0.39, 0.29) is 5.91 Å². The molecule has 0 aliphatic carbocycles. The topological polar surface area (TPSA) is 40.5 Å². The van der Waals surface area contributed by atoms with Crippen molar-refractivity contribution in [1.82, 2.24) is 3.28 Å². The molecule has 1 amide bonds. The van der Waals surface area contributed by atoms with Gasteiger partial charge in [0.15, 0.2) is 0 Å². The minimum Gasteiger partial charge on any atom is -0.276 e. The summed E-state index contributed by atoms with van der Waals surface area (Å²) in [5, 5.41) is 8.92. The van der Waals surface area contributed by atoms with Crippen LogP contribution in [0.15, 0.2) is 0 Å². The van der Waals surface area contributed by atoms with Crippen LogP contribution >= 0.6 is 22.9 Å². The largest absolute Gasteiger partial charge is 0.276 e. The molecule has 0 saturated carbocycles. The predicted octanol–water partition coefficient (Wildman–Crippen LogP) is 7.21. The zero-order valence-electron chi connectivity index (χ0n) is 15.2. The van der Waals surface area contributed by atoms with Gasteiger partial charge in [0, 0.05) is 6.42 Å². The molecule has 0 saturated heterocycles. The lowest BCUT2D eigenvalue weighted by atomic mass is 10.0. The summed E-state index contributed by atoms with van der Waals surface area (Å²) in [5.41, 5.74) is 0. The van der Waals surface area contributed by atoms with E-state index in [0.29, 0.717) is 9.70 Å². The molecule has 0 bridgehead atoms.